The number of nitrogens with zero attached hydrogens (tertiary/aromatic N) is 3. The van der Waals surface area contributed by atoms with Crippen molar-refractivity contribution in [1.29, 1.82) is 0 Å². The Hall–Kier alpha value is -1.49. The highest BCUT2D eigenvalue weighted by molar-refractivity contribution is 5.95. The molecule has 5 heteroatoms. The molecule has 0 aromatic carbocycles. The molecule has 1 fully saturated rings. The molecule has 1 aliphatic rings. The summed E-state index contributed by atoms with van der Waals surface area (Å²) in [5, 5.41) is 18.3. The van der Waals surface area contributed by atoms with E-state index in [1.807, 2.05) is 6.92 Å². The highest BCUT2D eigenvalue weighted by Crippen LogP contribution is 2.30. The average molecular weight is 263 g/mol. The summed E-state index contributed by atoms with van der Waals surface area (Å²) in [6.07, 6.45) is 3.62. The molecule has 0 radical (unpaired) electrons. The van der Waals surface area contributed by atoms with Crippen LogP contribution in [0.2, 0.25) is 0 Å². The normalized spacial score (nSPS) is 17.5. The summed E-state index contributed by atoms with van der Waals surface area (Å²) in [7, 11) is 1.73. The first-order valence-corrected chi connectivity index (χ1v) is 6.70. The molecule has 2 rings (SSSR count). The molecular weight excluding hydrogens is 242 g/mol. The first kappa shape index (κ1) is 13.9. The Morgan fingerprint density at radius 1 is 1.37 bits per heavy atom. The van der Waals surface area contributed by atoms with Crippen molar-refractivity contribution >= 4 is 5.91 Å². The summed E-state index contributed by atoms with van der Waals surface area (Å²) in [4.78, 5) is 14.0. The smallest absolute Gasteiger partial charge is 0.255 e. The summed E-state index contributed by atoms with van der Waals surface area (Å²) in [6.45, 7) is 3.97. The summed E-state index contributed by atoms with van der Waals surface area (Å²) < 4.78 is 0. The van der Waals surface area contributed by atoms with Gasteiger partial charge in [-0.3, -0.25) is 4.79 Å². The number of carbonyl (C=O) groups is 1. The topological polar surface area (TPSA) is 66.3 Å². The quantitative estimate of drug-likeness (QED) is 0.896. The molecule has 1 aromatic rings. The molecule has 1 heterocycles. The van der Waals surface area contributed by atoms with E-state index in [1.165, 1.54) is 0 Å². The number of carbonyl (C=O) groups excluding carboxylic acids is 1. The van der Waals surface area contributed by atoms with Crippen LogP contribution in [0.15, 0.2) is 6.07 Å². The van der Waals surface area contributed by atoms with Gasteiger partial charge < -0.3 is 10.0 Å². The number of amides is 1. The van der Waals surface area contributed by atoms with Crippen LogP contribution in [-0.4, -0.2) is 45.3 Å². The number of aromatic nitrogens is 2. The second-order valence-electron chi connectivity index (χ2n) is 5.58. The molecule has 5 nitrogen and oxygen atoms in total. The summed E-state index contributed by atoms with van der Waals surface area (Å²) in [6, 6.07) is 1.75. The molecule has 1 aromatic heterocycles. The first-order valence-electron chi connectivity index (χ1n) is 6.70. The van der Waals surface area contributed by atoms with Crippen molar-refractivity contribution in [2.24, 2.45) is 0 Å². The van der Waals surface area contributed by atoms with Crippen LogP contribution in [0.25, 0.3) is 0 Å². The van der Waals surface area contributed by atoms with Crippen molar-refractivity contribution in [3.63, 3.8) is 0 Å². The number of aliphatic hydroxyl groups is 1. The lowest BCUT2D eigenvalue weighted by Gasteiger charge is -2.28. The molecule has 19 heavy (non-hydrogen) atoms. The number of aryl methyl sites for hydroxylation is 2. The second-order valence-corrected chi connectivity index (χ2v) is 5.58. The van der Waals surface area contributed by atoms with Gasteiger partial charge in [-0.1, -0.05) is 12.8 Å². The molecule has 1 saturated carbocycles. The number of hydrogen-bond donors (Lipinski definition) is 1. The van der Waals surface area contributed by atoms with E-state index in [0.717, 1.165) is 31.4 Å². The van der Waals surface area contributed by atoms with E-state index in [2.05, 4.69) is 10.2 Å². The zero-order valence-corrected chi connectivity index (χ0v) is 11.8. The molecule has 0 atom stereocenters. The van der Waals surface area contributed by atoms with Gasteiger partial charge >= 0.3 is 0 Å². The fourth-order valence-corrected chi connectivity index (χ4v) is 2.68. The third kappa shape index (κ3) is 3.10. The minimum atomic E-state index is -0.714. The Morgan fingerprint density at radius 2 is 2.00 bits per heavy atom. The van der Waals surface area contributed by atoms with Crippen molar-refractivity contribution in [2.45, 2.75) is 45.1 Å². The minimum Gasteiger partial charge on any atom is -0.388 e. The van der Waals surface area contributed by atoms with Crippen LogP contribution in [0, 0.1) is 13.8 Å². The third-order valence-corrected chi connectivity index (χ3v) is 3.74. The van der Waals surface area contributed by atoms with Crippen LogP contribution in [-0.2, 0) is 0 Å². The van der Waals surface area contributed by atoms with E-state index in [9.17, 15) is 9.90 Å². The van der Waals surface area contributed by atoms with E-state index < -0.39 is 5.60 Å². The lowest BCUT2D eigenvalue weighted by Crippen LogP contribution is -2.42. The second kappa shape index (κ2) is 5.25. The Balaban J connectivity index is 2.12. The Kier molecular flexibility index (Phi) is 3.85. The predicted octanol–water partition coefficient (Wildman–Crippen LogP) is 1.47. The highest BCUT2D eigenvalue weighted by atomic mass is 16.3. The third-order valence-electron chi connectivity index (χ3n) is 3.74. The predicted molar refractivity (Wildman–Crippen MR) is 71.9 cm³/mol. The van der Waals surface area contributed by atoms with Crippen LogP contribution in [0.4, 0.5) is 0 Å². The maximum absolute atomic E-state index is 12.4. The lowest BCUT2D eigenvalue weighted by molar-refractivity contribution is 0.0156. The molecule has 1 amide bonds. The molecule has 0 saturated heterocycles. The number of hydrogen-bond acceptors (Lipinski definition) is 4. The van der Waals surface area contributed by atoms with Crippen LogP contribution in [0.5, 0.6) is 0 Å². The largest absolute Gasteiger partial charge is 0.388 e. The molecule has 0 spiro atoms. The van der Waals surface area contributed by atoms with Gasteiger partial charge in [0, 0.05) is 13.6 Å². The zero-order chi connectivity index (χ0) is 14.0. The van der Waals surface area contributed by atoms with Crippen LogP contribution < -0.4 is 0 Å². The lowest BCUT2D eigenvalue weighted by atomic mass is 10.0. The number of likely N-dealkylation sites (N-methyl/N-ethyl adjacent to an activating group) is 1. The molecule has 0 aliphatic heterocycles. The van der Waals surface area contributed by atoms with Crippen molar-refractivity contribution < 1.29 is 9.90 Å². The monoisotopic (exact) mass is 263 g/mol. The van der Waals surface area contributed by atoms with Crippen molar-refractivity contribution in [3.8, 4) is 0 Å². The maximum atomic E-state index is 12.4. The van der Waals surface area contributed by atoms with Gasteiger partial charge in [-0.2, -0.15) is 10.2 Å². The molecule has 1 aliphatic carbocycles. The van der Waals surface area contributed by atoms with Crippen molar-refractivity contribution in [2.75, 3.05) is 13.6 Å². The van der Waals surface area contributed by atoms with Crippen LogP contribution >= 0.6 is 0 Å². The van der Waals surface area contributed by atoms with Gasteiger partial charge in [0.05, 0.1) is 22.6 Å². The molecule has 0 unspecified atom stereocenters. The minimum absolute atomic E-state index is 0.101. The van der Waals surface area contributed by atoms with E-state index in [4.69, 9.17) is 0 Å². The molecule has 104 valence electrons. The zero-order valence-electron chi connectivity index (χ0n) is 11.8. The van der Waals surface area contributed by atoms with Crippen LogP contribution in [0.3, 0.4) is 0 Å². The van der Waals surface area contributed by atoms with Gasteiger partial charge in [-0.05, 0) is 32.8 Å². The van der Waals surface area contributed by atoms with Crippen molar-refractivity contribution in [3.05, 3.63) is 23.0 Å². The van der Waals surface area contributed by atoms with Crippen LogP contribution in [0.1, 0.15) is 47.4 Å². The maximum Gasteiger partial charge on any atom is 0.255 e. The van der Waals surface area contributed by atoms with Gasteiger partial charge in [0.25, 0.3) is 5.91 Å². The van der Waals surface area contributed by atoms with E-state index in [1.54, 1.807) is 24.9 Å². The van der Waals surface area contributed by atoms with Crippen molar-refractivity contribution in [1.82, 2.24) is 15.1 Å². The van der Waals surface area contributed by atoms with E-state index >= 15 is 0 Å². The Morgan fingerprint density at radius 3 is 2.63 bits per heavy atom. The summed E-state index contributed by atoms with van der Waals surface area (Å²) in [5.41, 5.74) is 1.20. The fourth-order valence-electron chi connectivity index (χ4n) is 2.68. The van der Waals surface area contributed by atoms with Gasteiger partial charge in [0.1, 0.15) is 0 Å². The van der Waals surface area contributed by atoms with E-state index in [0.29, 0.717) is 17.8 Å². The average Bonchev–Trinajstić information content (AvgIpc) is 2.78. The Bertz CT molecular complexity index is 482. The van der Waals surface area contributed by atoms with Gasteiger partial charge in [-0.25, -0.2) is 0 Å². The Labute approximate surface area is 113 Å². The summed E-state index contributed by atoms with van der Waals surface area (Å²) >= 11 is 0. The first-order chi connectivity index (χ1) is 8.91. The molecule has 0 bridgehead atoms. The summed E-state index contributed by atoms with van der Waals surface area (Å²) in [5.74, 6) is -0.101. The van der Waals surface area contributed by atoms with Gasteiger partial charge in [0.2, 0.25) is 0 Å². The SMILES string of the molecule is Cc1cc(C(=O)N(C)CC2(O)CCCC2)c(C)nn1. The van der Waals surface area contributed by atoms with Gasteiger partial charge in [-0.15, -0.1) is 0 Å². The van der Waals surface area contributed by atoms with E-state index in [-0.39, 0.29) is 5.91 Å². The molecular formula is C14H21N3O2. The molecule has 1 N–H and O–H groups in total. The highest BCUT2D eigenvalue weighted by Gasteiger charge is 2.33. The fraction of sp³-hybridized carbons (Fsp3) is 0.643. The standard InChI is InChI=1S/C14H21N3O2/c1-10-8-12(11(2)16-15-10)13(18)17(3)9-14(19)6-4-5-7-14/h8,19H,4-7,9H2,1-3H3. The number of rotatable bonds is 3. The van der Waals surface area contributed by atoms with Gasteiger partial charge in [0.15, 0.2) is 0 Å².